The number of rotatable bonds is 2. The Balaban J connectivity index is 2.00. The molecule has 1 aromatic heterocycles. The molecule has 0 atom stereocenters. The second-order valence-electron chi connectivity index (χ2n) is 4.74. The molecule has 98 valence electrons. The SMILES string of the molecule is O=c1ccccn1-c1ccc(N2CCCC2)c(F)c1. The fourth-order valence-corrected chi connectivity index (χ4v) is 2.50. The first kappa shape index (κ1) is 12.0. The van der Waals surface area contributed by atoms with Gasteiger partial charge in [-0.25, -0.2) is 4.39 Å². The van der Waals surface area contributed by atoms with Gasteiger partial charge in [-0.05, 0) is 31.0 Å². The molecule has 0 spiro atoms. The summed E-state index contributed by atoms with van der Waals surface area (Å²) in [5.41, 5.74) is 1.03. The number of anilines is 1. The van der Waals surface area contributed by atoms with Gasteiger partial charge in [0.05, 0.1) is 11.4 Å². The van der Waals surface area contributed by atoms with Crippen molar-refractivity contribution in [3.05, 3.63) is 58.8 Å². The van der Waals surface area contributed by atoms with Gasteiger partial charge in [-0.2, -0.15) is 0 Å². The van der Waals surface area contributed by atoms with E-state index in [0.29, 0.717) is 11.4 Å². The summed E-state index contributed by atoms with van der Waals surface area (Å²) in [6, 6.07) is 9.87. The van der Waals surface area contributed by atoms with Crippen molar-refractivity contribution in [2.45, 2.75) is 12.8 Å². The fraction of sp³-hybridized carbons (Fsp3) is 0.267. The van der Waals surface area contributed by atoms with E-state index in [0.717, 1.165) is 25.9 Å². The van der Waals surface area contributed by atoms with Gasteiger partial charge in [0, 0.05) is 31.4 Å². The third kappa shape index (κ3) is 2.26. The van der Waals surface area contributed by atoms with Crippen molar-refractivity contribution >= 4 is 5.69 Å². The fourth-order valence-electron chi connectivity index (χ4n) is 2.50. The summed E-state index contributed by atoms with van der Waals surface area (Å²) in [5.74, 6) is -0.268. The van der Waals surface area contributed by atoms with E-state index < -0.39 is 0 Å². The summed E-state index contributed by atoms with van der Waals surface area (Å²) in [6.07, 6.45) is 3.87. The van der Waals surface area contributed by atoms with Crippen molar-refractivity contribution < 1.29 is 4.39 Å². The van der Waals surface area contributed by atoms with Gasteiger partial charge in [-0.15, -0.1) is 0 Å². The minimum atomic E-state index is -0.268. The van der Waals surface area contributed by atoms with Crippen LogP contribution in [0.15, 0.2) is 47.4 Å². The Morgan fingerprint density at radius 3 is 2.53 bits per heavy atom. The molecule has 1 aliphatic rings. The van der Waals surface area contributed by atoms with Crippen molar-refractivity contribution in [1.29, 1.82) is 0 Å². The zero-order chi connectivity index (χ0) is 13.2. The normalized spacial score (nSPS) is 14.9. The van der Waals surface area contributed by atoms with Crippen molar-refractivity contribution in [3.63, 3.8) is 0 Å². The maximum absolute atomic E-state index is 14.2. The highest BCUT2D eigenvalue weighted by Gasteiger charge is 2.16. The summed E-state index contributed by atoms with van der Waals surface area (Å²) in [5, 5.41) is 0. The second-order valence-corrected chi connectivity index (χ2v) is 4.74. The van der Waals surface area contributed by atoms with Gasteiger partial charge in [-0.3, -0.25) is 9.36 Å². The molecule has 0 aliphatic carbocycles. The number of nitrogens with zero attached hydrogens (tertiary/aromatic N) is 2. The molecular weight excluding hydrogens is 243 g/mol. The van der Waals surface area contributed by atoms with E-state index in [1.807, 2.05) is 4.90 Å². The first-order chi connectivity index (χ1) is 9.25. The number of aromatic nitrogens is 1. The average Bonchev–Trinajstić information content (AvgIpc) is 2.93. The molecule has 1 saturated heterocycles. The number of hydrogen-bond acceptors (Lipinski definition) is 2. The molecule has 0 radical (unpaired) electrons. The highest BCUT2D eigenvalue weighted by molar-refractivity contribution is 5.53. The molecule has 3 rings (SSSR count). The van der Waals surface area contributed by atoms with Crippen LogP contribution < -0.4 is 10.5 Å². The Labute approximate surface area is 110 Å². The molecule has 0 amide bonds. The Hall–Kier alpha value is -2.10. The zero-order valence-corrected chi connectivity index (χ0v) is 10.6. The zero-order valence-electron chi connectivity index (χ0n) is 10.6. The molecule has 0 saturated carbocycles. The molecule has 3 nitrogen and oxygen atoms in total. The predicted molar refractivity (Wildman–Crippen MR) is 73.4 cm³/mol. The van der Waals surface area contributed by atoms with Gasteiger partial charge >= 0.3 is 0 Å². The predicted octanol–water partition coefficient (Wildman–Crippen LogP) is 2.58. The Morgan fingerprint density at radius 2 is 1.84 bits per heavy atom. The lowest BCUT2D eigenvalue weighted by atomic mass is 10.2. The van der Waals surface area contributed by atoms with Crippen LogP contribution in [0.2, 0.25) is 0 Å². The number of benzene rings is 1. The van der Waals surface area contributed by atoms with E-state index in [9.17, 15) is 9.18 Å². The van der Waals surface area contributed by atoms with E-state index in [2.05, 4.69) is 0 Å². The lowest BCUT2D eigenvalue weighted by molar-refractivity contribution is 0.621. The second kappa shape index (κ2) is 4.88. The summed E-state index contributed by atoms with van der Waals surface area (Å²) < 4.78 is 15.6. The van der Waals surface area contributed by atoms with E-state index in [-0.39, 0.29) is 11.4 Å². The van der Waals surface area contributed by atoms with E-state index >= 15 is 0 Å². The van der Waals surface area contributed by atoms with Crippen LogP contribution in [0.1, 0.15) is 12.8 Å². The molecule has 1 aromatic carbocycles. The van der Waals surface area contributed by atoms with Crippen LogP contribution in [0.5, 0.6) is 0 Å². The van der Waals surface area contributed by atoms with Crippen molar-refractivity contribution in [2.24, 2.45) is 0 Å². The highest BCUT2D eigenvalue weighted by Crippen LogP contribution is 2.25. The minimum absolute atomic E-state index is 0.157. The van der Waals surface area contributed by atoms with Gasteiger partial charge < -0.3 is 4.90 Å². The van der Waals surface area contributed by atoms with Crippen LogP contribution >= 0.6 is 0 Å². The first-order valence-corrected chi connectivity index (χ1v) is 6.48. The quantitative estimate of drug-likeness (QED) is 0.827. The van der Waals surface area contributed by atoms with Gasteiger partial charge in [0.15, 0.2) is 0 Å². The Morgan fingerprint density at radius 1 is 1.05 bits per heavy atom. The monoisotopic (exact) mass is 258 g/mol. The standard InChI is InChI=1S/C15H15FN2O/c16-13-11-12(18-10-2-1-5-15(18)19)6-7-14(13)17-8-3-4-9-17/h1-2,5-7,10-11H,3-4,8-9H2. The largest absolute Gasteiger partial charge is 0.369 e. The van der Waals surface area contributed by atoms with Gasteiger partial charge in [0.25, 0.3) is 5.56 Å². The molecular formula is C15H15FN2O. The van der Waals surface area contributed by atoms with Gasteiger partial charge in [-0.1, -0.05) is 6.07 Å². The molecule has 1 aliphatic heterocycles. The van der Waals surface area contributed by atoms with Gasteiger partial charge in [0.1, 0.15) is 5.82 Å². The maximum atomic E-state index is 14.2. The lowest BCUT2D eigenvalue weighted by Crippen LogP contribution is -2.20. The average molecular weight is 258 g/mol. The van der Waals surface area contributed by atoms with Crippen LogP contribution in [-0.4, -0.2) is 17.7 Å². The molecule has 4 heteroatoms. The number of pyridine rings is 1. The van der Waals surface area contributed by atoms with Crippen LogP contribution in [0.3, 0.4) is 0 Å². The molecule has 2 aromatic rings. The summed E-state index contributed by atoms with van der Waals surface area (Å²) in [6.45, 7) is 1.81. The van der Waals surface area contributed by atoms with Crippen LogP contribution in [0.25, 0.3) is 5.69 Å². The molecule has 0 unspecified atom stereocenters. The molecule has 0 N–H and O–H groups in total. The van der Waals surface area contributed by atoms with Crippen molar-refractivity contribution in [2.75, 3.05) is 18.0 Å². The van der Waals surface area contributed by atoms with E-state index in [1.165, 1.54) is 16.7 Å². The van der Waals surface area contributed by atoms with Gasteiger partial charge in [0.2, 0.25) is 0 Å². The number of hydrogen-bond donors (Lipinski definition) is 0. The molecule has 0 bridgehead atoms. The van der Waals surface area contributed by atoms with E-state index in [1.54, 1.807) is 30.5 Å². The third-order valence-electron chi connectivity index (χ3n) is 3.48. The number of halogens is 1. The topological polar surface area (TPSA) is 25.2 Å². The summed E-state index contributed by atoms with van der Waals surface area (Å²) in [4.78, 5) is 13.8. The molecule has 1 fully saturated rings. The maximum Gasteiger partial charge on any atom is 0.255 e. The Bertz CT molecular complexity index is 645. The molecule has 2 heterocycles. The smallest absolute Gasteiger partial charge is 0.255 e. The van der Waals surface area contributed by atoms with Crippen molar-refractivity contribution in [3.8, 4) is 5.69 Å². The Kier molecular flexibility index (Phi) is 3.07. The lowest BCUT2D eigenvalue weighted by Gasteiger charge is -2.19. The van der Waals surface area contributed by atoms with E-state index in [4.69, 9.17) is 0 Å². The molecule has 19 heavy (non-hydrogen) atoms. The summed E-state index contributed by atoms with van der Waals surface area (Å²) >= 11 is 0. The summed E-state index contributed by atoms with van der Waals surface area (Å²) in [7, 11) is 0. The highest BCUT2D eigenvalue weighted by atomic mass is 19.1. The van der Waals surface area contributed by atoms with Crippen molar-refractivity contribution in [1.82, 2.24) is 4.57 Å². The first-order valence-electron chi connectivity index (χ1n) is 6.48. The minimum Gasteiger partial charge on any atom is -0.369 e. The van der Waals surface area contributed by atoms with Crippen LogP contribution in [0.4, 0.5) is 10.1 Å². The van der Waals surface area contributed by atoms with Crippen LogP contribution in [0, 0.1) is 5.82 Å². The van der Waals surface area contributed by atoms with Crippen LogP contribution in [-0.2, 0) is 0 Å². The third-order valence-corrected chi connectivity index (χ3v) is 3.48.